The molecule has 1 aromatic carbocycles. The number of nitrogens with zero attached hydrogens (tertiary/aromatic N) is 1. The molecule has 0 aliphatic rings. The van der Waals surface area contributed by atoms with Crippen LogP contribution in [0.25, 0.3) is 0 Å². The highest BCUT2D eigenvalue weighted by molar-refractivity contribution is 5.29. The van der Waals surface area contributed by atoms with E-state index >= 15 is 0 Å². The fourth-order valence-corrected chi connectivity index (χ4v) is 1.75. The van der Waals surface area contributed by atoms with Gasteiger partial charge in [-0.05, 0) is 30.7 Å². The zero-order valence-electron chi connectivity index (χ0n) is 10.1. The van der Waals surface area contributed by atoms with Gasteiger partial charge in [0, 0.05) is 36.6 Å². The van der Waals surface area contributed by atoms with Gasteiger partial charge in [0.1, 0.15) is 11.6 Å². The fourth-order valence-electron chi connectivity index (χ4n) is 1.75. The zero-order chi connectivity index (χ0) is 13.0. The first-order valence-corrected chi connectivity index (χ1v) is 5.77. The van der Waals surface area contributed by atoms with Crippen LogP contribution >= 0.6 is 0 Å². The number of hydrogen-bond donors (Lipinski definition) is 2. The number of halogens is 1. The maximum absolute atomic E-state index is 13.6. The average molecular weight is 246 g/mol. The molecule has 0 radical (unpaired) electrons. The van der Waals surface area contributed by atoms with Crippen LogP contribution in [0.5, 0.6) is 5.75 Å². The summed E-state index contributed by atoms with van der Waals surface area (Å²) in [5.74, 6) is -0.456. The molecule has 0 amide bonds. The summed E-state index contributed by atoms with van der Waals surface area (Å²) >= 11 is 0. The van der Waals surface area contributed by atoms with Crippen LogP contribution in [0, 0.1) is 5.82 Å². The zero-order valence-corrected chi connectivity index (χ0v) is 10.1. The number of pyridine rings is 1. The van der Waals surface area contributed by atoms with Gasteiger partial charge in [-0.15, -0.1) is 0 Å². The summed E-state index contributed by atoms with van der Waals surface area (Å²) in [5, 5.41) is 12.4. The van der Waals surface area contributed by atoms with E-state index in [1.54, 1.807) is 18.5 Å². The largest absolute Gasteiger partial charge is 0.508 e. The number of rotatable bonds is 4. The monoisotopic (exact) mass is 246 g/mol. The lowest BCUT2D eigenvalue weighted by Crippen LogP contribution is -2.19. The van der Waals surface area contributed by atoms with E-state index in [1.165, 1.54) is 6.07 Å². The molecule has 0 saturated carbocycles. The summed E-state index contributed by atoms with van der Waals surface area (Å²) in [6.45, 7) is 2.53. The third kappa shape index (κ3) is 3.05. The summed E-state index contributed by atoms with van der Waals surface area (Å²) in [4.78, 5) is 3.94. The van der Waals surface area contributed by atoms with Gasteiger partial charge in [0.15, 0.2) is 0 Å². The highest BCUT2D eigenvalue weighted by Gasteiger charge is 2.10. The van der Waals surface area contributed by atoms with Gasteiger partial charge in [-0.2, -0.15) is 0 Å². The Hall–Kier alpha value is -1.94. The summed E-state index contributed by atoms with van der Waals surface area (Å²) in [7, 11) is 0. The van der Waals surface area contributed by atoms with Crippen molar-refractivity contribution >= 4 is 0 Å². The topological polar surface area (TPSA) is 45.2 Å². The normalized spacial score (nSPS) is 12.3. The molecule has 0 aliphatic carbocycles. The second kappa shape index (κ2) is 5.60. The molecule has 0 spiro atoms. The van der Waals surface area contributed by atoms with E-state index in [2.05, 4.69) is 10.3 Å². The highest BCUT2D eigenvalue weighted by atomic mass is 19.1. The minimum atomic E-state index is -0.398. The number of aromatic hydroxyl groups is 1. The molecular formula is C14H15FN2O. The predicted octanol–water partition coefficient (Wildman–Crippen LogP) is 2.78. The molecule has 2 rings (SSSR count). The van der Waals surface area contributed by atoms with Gasteiger partial charge in [0.25, 0.3) is 0 Å². The van der Waals surface area contributed by atoms with Gasteiger partial charge in [-0.3, -0.25) is 4.98 Å². The average Bonchev–Trinajstić information content (AvgIpc) is 2.37. The van der Waals surface area contributed by atoms with Crippen LogP contribution in [0.2, 0.25) is 0 Å². The van der Waals surface area contributed by atoms with Crippen LogP contribution in [0.1, 0.15) is 24.1 Å². The lowest BCUT2D eigenvalue weighted by Gasteiger charge is -2.15. The number of phenols is 1. The standard InChI is InChI=1S/C14H15FN2O/c1-10(13-3-2-12(18)8-14(13)15)17-9-11-4-6-16-7-5-11/h2-8,10,17-18H,9H2,1H3. The maximum atomic E-state index is 13.6. The number of aromatic nitrogens is 1. The first-order valence-electron chi connectivity index (χ1n) is 5.77. The van der Waals surface area contributed by atoms with Crippen LogP contribution in [0.4, 0.5) is 4.39 Å². The highest BCUT2D eigenvalue weighted by Crippen LogP contribution is 2.21. The Labute approximate surface area is 105 Å². The molecule has 94 valence electrons. The first-order chi connectivity index (χ1) is 8.66. The number of benzene rings is 1. The molecule has 0 aliphatic heterocycles. The van der Waals surface area contributed by atoms with E-state index in [4.69, 9.17) is 5.11 Å². The van der Waals surface area contributed by atoms with Gasteiger partial charge in [0.2, 0.25) is 0 Å². The van der Waals surface area contributed by atoms with Crippen LogP contribution in [-0.2, 0) is 6.54 Å². The fraction of sp³-hybridized carbons (Fsp3) is 0.214. The van der Waals surface area contributed by atoms with E-state index in [0.717, 1.165) is 11.6 Å². The summed E-state index contributed by atoms with van der Waals surface area (Å²) in [6.07, 6.45) is 3.45. The molecule has 0 saturated heterocycles. The Bertz CT molecular complexity index is 516. The van der Waals surface area contributed by atoms with Crippen LogP contribution in [-0.4, -0.2) is 10.1 Å². The Morgan fingerprint density at radius 2 is 2.00 bits per heavy atom. The van der Waals surface area contributed by atoms with Crippen molar-refractivity contribution in [1.29, 1.82) is 0 Å². The van der Waals surface area contributed by atoms with Crippen molar-refractivity contribution in [3.8, 4) is 5.75 Å². The van der Waals surface area contributed by atoms with Gasteiger partial charge < -0.3 is 10.4 Å². The van der Waals surface area contributed by atoms with E-state index in [1.807, 2.05) is 19.1 Å². The molecule has 1 aromatic heterocycles. The number of phenolic OH excluding ortho intramolecular Hbond substituents is 1. The third-order valence-electron chi connectivity index (χ3n) is 2.81. The van der Waals surface area contributed by atoms with Crippen LogP contribution in [0.3, 0.4) is 0 Å². The maximum Gasteiger partial charge on any atom is 0.131 e. The van der Waals surface area contributed by atoms with Gasteiger partial charge >= 0.3 is 0 Å². The molecule has 2 aromatic rings. The Morgan fingerprint density at radius 1 is 1.28 bits per heavy atom. The summed E-state index contributed by atoms with van der Waals surface area (Å²) in [6, 6.07) is 7.90. The van der Waals surface area contributed by atoms with E-state index < -0.39 is 5.82 Å². The van der Waals surface area contributed by atoms with Crippen molar-refractivity contribution in [3.63, 3.8) is 0 Å². The summed E-state index contributed by atoms with van der Waals surface area (Å²) < 4.78 is 13.6. The van der Waals surface area contributed by atoms with Crippen molar-refractivity contribution in [1.82, 2.24) is 10.3 Å². The van der Waals surface area contributed by atoms with Crippen molar-refractivity contribution < 1.29 is 9.50 Å². The predicted molar refractivity (Wildman–Crippen MR) is 67.6 cm³/mol. The molecular weight excluding hydrogens is 231 g/mol. The Morgan fingerprint density at radius 3 is 2.67 bits per heavy atom. The smallest absolute Gasteiger partial charge is 0.131 e. The van der Waals surface area contributed by atoms with Gasteiger partial charge in [-0.1, -0.05) is 6.07 Å². The molecule has 18 heavy (non-hydrogen) atoms. The molecule has 1 heterocycles. The van der Waals surface area contributed by atoms with E-state index in [0.29, 0.717) is 12.1 Å². The lowest BCUT2D eigenvalue weighted by molar-refractivity contribution is 0.463. The van der Waals surface area contributed by atoms with Crippen molar-refractivity contribution in [2.75, 3.05) is 0 Å². The second-order valence-corrected chi connectivity index (χ2v) is 4.16. The van der Waals surface area contributed by atoms with Crippen molar-refractivity contribution in [2.45, 2.75) is 19.5 Å². The van der Waals surface area contributed by atoms with E-state index in [9.17, 15) is 4.39 Å². The Balaban J connectivity index is 2.01. The van der Waals surface area contributed by atoms with Crippen LogP contribution < -0.4 is 5.32 Å². The van der Waals surface area contributed by atoms with Crippen molar-refractivity contribution in [2.24, 2.45) is 0 Å². The molecule has 1 unspecified atom stereocenters. The lowest BCUT2D eigenvalue weighted by atomic mass is 10.1. The third-order valence-corrected chi connectivity index (χ3v) is 2.81. The molecule has 4 heteroatoms. The molecule has 3 nitrogen and oxygen atoms in total. The van der Waals surface area contributed by atoms with E-state index in [-0.39, 0.29) is 11.8 Å². The second-order valence-electron chi connectivity index (χ2n) is 4.16. The van der Waals surface area contributed by atoms with Gasteiger partial charge in [-0.25, -0.2) is 4.39 Å². The van der Waals surface area contributed by atoms with Crippen molar-refractivity contribution in [3.05, 3.63) is 59.7 Å². The summed E-state index contributed by atoms with van der Waals surface area (Å²) in [5.41, 5.74) is 1.64. The molecule has 2 N–H and O–H groups in total. The van der Waals surface area contributed by atoms with Crippen LogP contribution in [0.15, 0.2) is 42.7 Å². The molecule has 0 bridgehead atoms. The SMILES string of the molecule is CC(NCc1ccncc1)c1ccc(O)cc1F. The minimum absolute atomic E-state index is 0.0578. The molecule has 0 fully saturated rings. The first kappa shape index (κ1) is 12.5. The minimum Gasteiger partial charge on any atom is -0.508 e. The van der Waals surface area contributed by atoms with Gasteiger partial charge in [0.05, 0.1) is 0 Å². The number of nitrogens with one attached hydrogen (secondary N) is 1. The molecule has 1 atom stereocenters. The Kier molecular flexibility index (Phi) is 3.89. The quantitative estimate of drug-likeness (QED) is 0.872. The number of hydrogen-bond acceptors (Lipinski definition) is 3.